The summed E-state index contributed by atoms with van der Waals surface area (Å²) in [5.74, 6) is -0.173. The molecule has 4 unspecified atom stereocenters. The normalized spacial score (nSPS) is 21.3. The first-order valence-electron chi connectivity index (χ1n) is 23.1. The third-order valence-electron chi connectivity index (χ3n) is 11.8. The number of carbonyl (C=O) groups is 2. The lowest BCUT2D eigenvalue weighted by Gasteiger charge is -2.28. The molecule has 2 aliphatic carbocycles. The zero-order valence-electron chi connectivity index (χ0n) is 38.1. The molecule has 1 aliphatic heterocycles. The summed E-state index contributed by atoms with van der Waals surface area (Å²) in [4.78, 5) is 32.4. The van der Waals surface area contributed by atoms with Gasteiger partial charge in [0, 0.05) is 55.6 Å². The number of rotatable bonds is 33. The largest absolute Gasteiger partial charge is 0.433 e. The molecular formula is C46H66F2N6O13. The molecule has 3 aliphatic rings. The number of H-pyrrole nitrogens is 1. The number of aromatic nitrogens is 3. The number of hydrogen-bond acceptors (Lipinski definition) is 16. The Hall–Kier alpha value is -4.42. The van der Waals surface area contributed by atoms with Gasteiger partial charge in [0.1, 0.15) is 11.6 Å². The maximum absolute atomic E-state index is 13.6. The van der Waals surface area contributed by atoms with E-state index in [1.807, 2.05) is 0 Å². The monoisotopic (exact) mass is 948 g/mol. The fourth-order valence-corrected chi connectivity index (χ4v) is 8.22. The van der Waals surface area contributed by atoms with E-state index in [0.717, 1.165) is 6.42 Å². The zero-order chi connectivity index (χ0) is 47.3. The number of nitrogens with one attached hydrogen (secondary N) is 3. The number of amides is 2. The van der Waals surface area contributed by atoms with Crippen molar-refractivity contribution in [2.45, 2.75) is 57.0 Å². The minimum absolute atomic E-state index is 0.00271. The van der Waals surface area contributed by atoms with E-state index in [1.165, 1.54) is 37.4 Å². The topological polar surface area (TPSA) is 227 Å². The van der Waals surface area contributed by atoms with Gasteiger partial charge in [-0.2, -0.15) is 13.9 Å². The average molecular weight is 949 g/mol. The zero-order valence-corrected chi connectivity index (χ0v) is 38.1. The summed E-state index contributed by atoms with van der Waals surface area (Å²) in [6, 6.07) is 9.29. The Morgan fingerprint density at radius 3 is 1.96 bits per heavy atom. The van der Waals surface area contributed by atoms with Crippen molar-refractivity contribution in [3.63, 3.8) is 0 Å². The molecule has 3 aromatic rings. The van der Waals surface area contributed by atoms with Crippen molar-refractivity contribution in [2.24, 2.45) is 17.8 Å². The van der Waals surface area contributed by atoms with E-state index in [-0.39, 0.29) is 35.5 Å². The SMILES string of the molecule is CCC(F)(F)Oc1ccc(NC(=O)c2cnc(N3CCC(OCCOCCOCCOCCOCCOCCOCCOCCNC(=O)[C@H]4CC5C[C@H]4C(O)C5O)C3)c(-c3ccn[nH]3)c2)cc1. The molecule has 67 heavy (non-hydrogen) atoms. The number of nitrogens with zero attached hydrogens (tertiary/aromatic N) is 3. The molecule has 3 heterocycles. The number of pyridine rings is 1. The summed E-state index contributed by atoms with van der Waals surface area (Å²) in [5.41, 5.74) is 2.13. The predicted octanol–water partition coefficient (Wildman–Crippen LogP) is 3.31. The van der Waals surface area contributed by atoms with Gasteiger partial charge in [-0.15, -0.1) is 0 Å². The molecule has 2 saturated carbocycles. The second-order valence-electron chi connectivity index (χ2n) is 16.4. The number of hydrogen-bond donors (Lipinski definition) is 5. The van der Waals surface area contributed by atoms with Gasteiger partial charge in [0.25, 0.3) is 5.91 Å². The highest BCUT2D eigenvalue weighted by molar-refractivity contribution is 6.05. The molecule has 0 radical (unpaired) electrons. The minimum Gasteiger partial charge on any atom is -0.433 e. The first kappa shape index (κ1) is 52.0. The molecular weight excluding hydrogens is 883 g/mol. The first-order valence-corrected chi connectivity index (χ1v) is 23.1. The van der Waals surface area contributed by atoms with E-state index in [2.05, 4.69) is 30.7 Å². The van der Waals surface area contributed by atoms with Crippen molar-refractivity contribution in [1.29, 1.82) is 0 Å². The molecule has 6 atom stereocenters. The maximum atomic E-state index is 13.6. The van der Waals surface area contributed by atoms with Crippen LogP contribution in [0.4, 0.5) is 20.3 Å². The molecule has 3 fully saturated rings. The van der Waals surface area contributed by atoms with E-state index < -0.39 is 30.6 Å². The number of alkyl halides is 2. The van der Waals surface area contributed by atoms with Crippen molar-refractivity contribution < 1.29 is 71.2 Å². The van der Waals surface area contributed by atoms with Crippen molar-refractivity contribution in [3.8, 4) is 17.0 Å². The van der Waals surface area contributed by atoms with Crippen LogP contribution in [-0.2, 0) is 42.7 Å². The van der Waals surface area contributed by atoms with E-state index in [1.54, 1.807) is 18.3 Å². The Labute approximate surface area is 389 Å². The number of fused-ring (bicyclic) bond motifs is 2. The Bertz CT molecular complexity index is 1900. The van der Waals surface area contributed by atoms with Crippen LogP contribution in [-0.4, -0.2) is 180 Å². The quantitative estimate of drug-likeness (QED) is 0.0552. The van der Waals surface area contributed by atoms with E-state index >= 15 is 0 Å². The van der Waals surface area contributed by atoms with Gasteiger partial charge < -0.3 is 68.4 Å². The van der Waals surface area contributed by atoms with Crippen molar-refractivity contribution in [2.75, 3.05) is 129 Å². The number of anilines is 2. The molecule has 1 saturated heterocycles. The standard InChI is InChI=1S/C46H66F2N6O13/c1-2-46(47,48)67-35-5-3-34(4-6-35)52-44(57)33-29-39(40-7-9-51-53-40)43(50-30-33)54-11-8-36(31-54)66-26-25-65-24-23-64-22-21-63-20-19-62-18-17-61-16-15-60-14-13-59-12-10-49-45(58)38-28-32-27-37(38)42(56)41(32)55/h3-7,9,29-30,32,36-38,41-42,55-56H,2,8,10-28,31H2,1H3,(H,49,58)(H,51,53)(H,52,57)/t32?,36?,37-,38+,41?,42?/m1/s1. The van der Waals surface area contributed by atoms with Crippen molar-refractivity contribution in [3.05, 3.63) is 54.4 Å². The number of aromatic amines is 1. The van der Waals surface area contributed by atoms with Gasteiger partial charge in [-0.1, -0.05) is 6.92 Å². The molecule has 372 valence electrons. The van der Waals surface area contributed by atoms with Crippen LogP contribution in [0, 0.1) is 17.8 Å². The van der Waals surface area contributed by atoms with Crippen LogP contribution >= 0.6 is 0 Å². The van der Waals surface area contributed by atoms with Crippen LogP contribution in [0.15, 0.2) is 48.8 Å². The fraction of sp³-hybridized carbons (Fsp3) is 0.652. The van der Waals surface area contributed by atoms with Gasteiger partial charge in [-0.3, -0.25) is 14.7 Å². The second kappa shape index (κ2) is 27.5. The second-order valence-corrected chi connectivity index (χ2v) is 16.4. The van der Waals surface area contributed by atoms with Gasteiger partial charge in [0.15, 0.2) is 0 Å². The Morgan fingerprint density at radius 2 is 1.40 bits per heavy atom. The lowest BCUT2D eigenvalue weighted by Crippen LogP contribution is -2.43. The Morgan fingerprint density at radius 1 is 0.806 bits per heavy atom. The molecule has 5 N–H and O–H groups in total. The number of ether oxygens (including phenoxy) is 9. The molecule has 1 aromatic carbocycles. The smallest absolute Gasteiger partial charge is 0.397 e. The van der Waals surface area contributed by atoms with Crippen LogP contribution in [0.2, 0.25) is 0 Å². The number of benzene rings is 1. The molecule has 6 rings (SSSR count). The van der Waals surface area contributed by atoms with Gasteiger partial charge in [-0.25, -0.2) is 4.98 Å². The number of aliphatic hydroxyl groups excluding tert-OH is 2. The number of aliphatic hydroxyl groups is 2. The summed E-state index contributed by atoms with van der Waals surface area (Å²) in [5, 5.41) is 32.6. The van der Waals surface area contributed by atoms with Crippen LogP contribution in [0.3, 0.4) is 0 Å². The maximum Gasteiger partial charge on any atom is 0.397 e. The predicted molar refractivity (Wildman–Crippen MR) is 239 cm³/mol. The highest BCUT2D eigenvalue weighted by atomic mass is 19.3. The fourth-order valence-electron chi connectivity index (χ4n) is 8.22. The number of halogens is 2. The van der Waals surface area contributed by atoms with Crippen molar-refractivity contribution >= 4 is 23.3 Å². The molecule has 21 heteroatoms. The van der Waals surface area contributed by atoms with Crippen LogP contribution in [0.5, 0.6) is 5.75 Å². The Balaban J connectivity index is 0.706. The van der Waals surface area contributed by atoms with E-state index in [0.29, 0.717) is 160 Å². The van der Waals surface area contributed by atoms with Crippen LogP contribution < -0.4 is 20.3 Å². The van der Waals surface area contributed by atoms with Gasteiger partial charge >= 0.3 is 6.11 Å². The van der Waals surface area contributed by atoms with Crippen LogP contribution in [0.25, 0.3) is 11.3 Å². The van der Waals surface area contributed by atoms with Gasteiger partial charge in [0.05, 0.1) is 129 Å². The summed E-state index contributed by atoms with van der Waals surface area (Å²) < 4.78 is 76.8. The molecule has 19 nitrogen and oxygen atoms in total. The highest BCUT2D eigenvalue weighted by Crippen LogP contribution is 2.48. The summed E-state index contributed by atoms with van der Waals surface area (Å²) in [6.07, 6.45) is 0.00445. The van der Waals surface area contributed by atoms with Crippen LogP contribution in [0.1, 0.15) is 43.0 Å². The molecule has 2 bridgehead atoms. The molecule has 2 amide bonds. The highest BCUT2D eigenvalue weighted by Gasteiger charge is 2.53. The van der Waals surface area contributed by atoms with Gasteiger partial charge in [-0.05, 0) is 67.5 Å². The summed E-state index contributed by atoms with van der Waals surface area (Å²) in [7, 11) is 0. The lowest BCUT2D eigenvalue weighted by atomic mass is 9.84. The third-order valence-corrected chi connectivity index (χ3v) is 11.8. The Kier molecular flexibility index (Phi) is 21.4. The summed E-state index contributed by atoms with van der Waals surface area (Å²) >= 11 is 0. The van der Waals surface area contributed by atoms with E-state index in [9.17, 15) is 28.6 Å². The first-order chi connectivity index (χ1) is 32.6. The van der Waals surface area contributed by atoms with Crippen molar-refractivity contribution in [1.82, 2.24) is 20.5 Å². The van der Waals surface area contributed by atoms with E-state index in [4.69, 9.17) is 42.6 Å². The third kappa shape index (κ3) is 16.7. The summed E-state index contributed by atoms with van der Waals surface area (Å²) in [6.45, 7) is 9.50. The minimum atomic E-state index is -3.27. The average Bonchev–Trinajstić information content (AvgIpc) is 4.17. The molecule has 0 spiro atoms. The molecule has 2 aromatic heterocycles. The number of carbonyl (C=O) groups excluding carboxylic acids is 2. The lowest BCUT2D eigenvalue weighted by molar-refractivity contribution is -0.177. The van der Waals surface area contributed by atoms with Gasteiger partial charge in [0.2, 0.25) is 5.91 Å².